The van der Waals surface area contributed by atoms with Gasteiger partial charge >= 0.3 is 0 Å². The van der Waals surface area contributed by atoms with E-state index < -0.39 is 10.0 Å². The number of benzene rings is 1. The Bertz CT molecular complexity index is 484. The highest BCUT2D eigenvalue weighted by molar-refractivity contribution is 9.10. The fourth-order valence-electron chi connectivity index (χ4n) is 1.95. The third-order valence-electron chi connectivity index (χ3n) is 2.73. The summed E-state index contributed by atoms with van der Waals surface area (Å²) < 4.78 is 25.3. The molecule has 2 rings (SSSR count). The van der Waals surface area contributed by atoms with Gasteiger partial charge in [0.15, 0.2) is 0 Å². The molecule has 0 amide bonds. The lowest BCUT2D eigenvalue weighted by Gasteiger charge is -2.18. The minimum Gasteiger partial charge on any atom is -0.371 e. The van der Waals surface area contributed by atoms with Crippen molar-refractivity contribution < 1.29 is 8.42 Å². The highest BCUT2D eigenvalue weighted by Crippen LogP contribution is 2.23. The molecular weight excluding hydrogens is 304 g/mol. The topological polar surface area (TPSA) is 49.4 Å². The van der Waals surface area contributed by atoms with Crippen molar-refractivity contribution in [3.8, 4) is 0 Å². The van der Waals surface area contributed by atoms with Crippen molar-refractivity contribution in [1.29, 1.82) is 0 Å². The molecule has 1 N–H and O–H groups in total. The second kappa shape index (κ2) is 5.27. The molecule has 0 saturated carbocycles. The SMILES string of the molecule is O=S(=O)(CBr)Nc1cccc(N2CCCC2)c1. The van der Waals surface area contributed by atoms with Gasteiger partial charge in [0.05, 0.1) is 5.69 Å². The van der Waals surface area contributed by atoms with Crippen LogP contribution in [0.2, 0.25) is 0 Å². The van der Waals surface area contributed by atoms with Gasteiger partial charge in [-0.3, -0.25) is 4.72 Å². The standard InChI is InChI=1S/C11H15BrN2O2S/c12-9-17(15,16)13-10-4-3-5-11(8-10)14-6-1-2-7-14/h3-5,8,13H,1-2,6-7,9H2. The van der Waals surface area contributed by atoms with E-state index in [0.29, 0.717) is 5.69 Å². The Morgan fingerprint density at radius 3 is 2.65 bits per heavy atom. The summed E-state index contributed by atoms with van der Waals surface area (Å²) in [5.74, 6) is 0. The number of hydrogen-bond donors (Lipinski definition) is 1. The maximum Gasteiger partial charge on any atom is 0.242 e. The van der Waals surface area contributed by atoms with Crippen LogP contribution in [-0.2, 0) is 10.0 Å². The summed E-state index contributed by atoms with van der Waals surface area (Å²) in [5.41, 5.74) is 1.70. The van der Waals surface area contributed by atoms with Crippen LogP contribution < -0.4 is 9.62 Å². The van der Waals surface area contributed by atoms with Crippen LogP contribution in [0.25, 0.3) is 0 Å². The van der Waals surface area contributed by atoms with Crippen molar-refractivity contribution in [2.24, 2.45) is 0 Å². The molecule has 0 radical (unpaired) electrons. The molecule has 94 valence electrons. The quantitative estimate of drug-likeness (QED) is 0.867. The molecule has 0 atom stereocenters. The van der Waals surface area contributed by atoms with E-state index in [1.807, 2.05) is 18.2 Å². The van der Waals surface area contributed by atoms with Gasteiger partial charge in [-0.2, -0.15) is 0 Å². The minimum atomic E-state index is -3.26. The second-order valence-electron chi connectivity index (χ2n) is 4.07. The molecular formula is C11H15BrN2O2S. The molecule has 1 saturated heterocycles. The average molecular weight is 319 g/mol. The van der Waals surface area contributed by atoms with E-state index in [4.69, 9.17) is 0 Å². The zero-order valence-corrected chi connectivity index (χ0v) is 11.8. The Balaban J connectivity index is 2.16. The normalized spacial score (nSPS) is 16.2. The zero-order valence-electron chi connectivity index (χ0n) is 9.39. The molecule has 17 heavy (non-hydrogen) atoms. The summed E-state index contributed by atoms with van der Waals surface area (Å²) in [4.78, 5) is 2.27. The Kier molecular flexibility index (Phi) is 3.93. The largest absolute Gasteiger partial charge is 0.371 e. The number of anilines is 2. The summed E-state index contributed by atoms with van der Waals surface area (Å²) in [6.07, 6.45) is 2.41. The van der Waals surface area contributed by atoms with Crippen LogP contribution in [0.1, 0.15) is 12.8 Å². The fourth-order valence-corrected chi connectivity index (χ4v) is 2.83. The first-order chi connectivity index (χ1) is 8.11. The van der Waals surface area contributed by atoms with E-state index in [1.54, 1.807) is 6.07 Å². The molecule has 1 fully saturated rings. The molecule has 1 aliphatic heterocycles. The fraction of sp³-hybridized carbons (Fsp3) is 0.455. The number of nitrogens with one attached hydrogen (secondary N) is 1. The van der Waals surface area contributed by atoms with E-state index in [2.05, 4.69) is 25.6 Å². The predicted octanol–water partition coefficient (Wildman–Crippen LogP) is 2.38. The molecule has 6 heteroatoms. The molecule has 0 aliphatic carbocycles. The van der Waals surface area contributed by atoms with Crippen LogP contribution in [0.4, 0.5) is 11.4 Å². The van der Waals surface area contributed by atoms with E-state index >= 15 is 0 Å². The van der Waals surface area contributed by atoms with Crippen LogP contribution in [0.15, 0.2) is 24.3 Å². The van der Waals surface area contributed by atoms with Gasteiger partial charge < -0.3 is 4.90 Å². The first-order valence-electron chi connectivity index (χ1n) is 5.52. The van der Waals surface area contributed by atoms with Gasteiger partial charge in [0.2, 0.25) is 10.0 Å². The van der Waals surface area contributed by atoms with E-state index in [0.717, 1.165) is 18.8 Å². The molecule has 1 heterocycles. The second-order valence-corrected chi connectivity index (χ2v) is 7.10. The van der Waals surface area contributed by atoms with E-state index in [-0.39, 0.29) is 4.66 Å². The molecule has 0 aromatic heterocycles. The summed E-state index contributed by atoms with van der Waals surface area (Å²) in [6.45, 7) is 2.10. The van der Waals surface area contributed by atoms with Crippen molar-refractivity contribution in [1.82, 2.24) is 0 Å². The summed E-state index contributed by atoms with van der Waals surface area (Å²) in [7, 11) is -3.26. The van der Waals surface area contributed by atoms with Gasteiger partial charge in [-0.25, -0.2) is 8.42 Å². The van der Waals surface area contributed by atoms with Gasteiger partial charge in [-0.1, -0.05) is 22.0 Å². The monoisotopic (exact) mass is 318 g/mol. The smallest absolute Gasteiger partial charge is 0.242 e. The van der Waals surface area contributed by atoms with Crippen molar-refractivity contribution in [3.63, 3.8) is 0 Å². The number of alkyl halides is 1. The van der Waals surface area contributed by atoms with Crippen molar-refractivity contribution in [2.75, 3.05) is 27.4 Å². The van der Waals surface area contributed by atoms with Crippen LogP contribution in [0.5, 0.6) is 0 Å². The van der Waals surface area contributed by atoms with Gasteiger partial charge in [-0.05, 0) is 31.0 Å². The van der Waals surface area contributed by atoms with E-state index in [9.17, 15) is 8.42 Å². The average Bonchev–Trinajstić information content (AvgIpc) is 2.82. The van der Waals surface area contributed by atoms with Crippen molar-refractivity contribution in [2.45, 2.75) is 12.8 Å². The van der Waals surface area contributed by atoms with Gasteiger partial charge in [0.1, 0.15) is 4.66 Å². The van der Waals surface area contributed by atoms with Crippen LogP contribution in [-0.4, -0.2) is 26.2 Å². The first-order valence-corrected chi connectivity index (χ1v) is 8.29. The lowest BCUT2D eigenvalue weighted by atomic mass is 10.2. The predicted molar refractivity (Wildman–Crippen MR) is 74.2 cm³/mol. The Morgan fingerprint density at radius 2 is 2.00 bits per heavy atom. The molecule has 0 bridgehead atoms. The highest BCUT2D eigenvalue weighted by atomic mass is 79.9. The maximum absolute atomic E-state index is 11.4. The van der Waals surface area contributed by atoms with Crippen molar-refractivity contribution in [3.05, 3.63) is 24.3 Å². The molecule has 0 spiro atoms. The zero-order chi connectivity index (χ0) is 12.3. The Morgan fingerprint density at radius 1 is 1.29 bits per heavy atom. The minimum absolute atomic E-state index is 0.0893. The number of halogens is 1. The number of sulfonamides is 1. The van der Waals surface area contributed by atoms with Gasteiger partial charge in [0, 0.05) is 18.8 Å². The van der Waals surface area contributed by atoms with E-state index in [1.165, 1.54) is 12.8 Å². The third kappa shape index (κ3) is 3.35. The lowest BCUT2D eigenvalue weighted by Crippen LogP contribution is -2.18. The van der Waals surface area contributed by atoms with Crippen LogP contribution >= 0.6 is 15.9 Å². The summed E-state index contributed by atoms with van der Waals surface area (Å²) in [6, 6.07) is 7.53. The van der Waals surface area contributed by atoms with Crippen LogP contribution in [0, 0.1) is 0 Å². The van der Waals surface area contributed by atoms with Gasteiger partial charge in [0.25, 0.3) is 0 Å². The van der Waals surface area contributed by atoms with Crippen LogP contribution in [0.3, 0.4) is 0 Å². The summed E-state index contributed by atoms with van der Waals surface area (Å²) >= 11 is 2.95. The van der Waals surface area contributed by atoms with Crippen molar-refractivity contribution >= 4 is 37.3 Å². The van der Waals surface area contributed by atoms with Gasteiger partial charge in [-0.15, -0.1) is 0 Å². The summed E-state index contributed by atoms with van der Waals surface area (Å²) in [5, 5.41) is 0. The molecule has 4 nitrogen and oxygen atoms in total. The molecule has 0 unspecified atom stereocenters. The lowest BCUT2D eigenvalue weighted by molar-refractivity contribution is 0.606. The third-order valence-corrected chi connectivity index (χ3v) is 5.38. The number of hydrogen-bond acceptors (Lipinski definition) is 3. The Hall–Kier alpha value is -0.750. The number of rotatable bonds is 4. The molecule has 1 aliphatic rings. The highest BCUT2D eigenvalue weighted by Gasteiger charge is 2.13. The number of nitrogens with zero attached hydrogens (tertiary/aromatic N) is 1. The maximum atomic E-state index is 11.4. The molecule has 1 aromatic carbocycles. The first kappa shape index (κ1) is 12.7. The Labute approximate surface area is 110 Å². The molecule has 1 aromatic rings.